The normalized spacial score (nSPS) is 15.3. The molecule has 1 aliphatic rings. The molecule has 1 unspecified atom stereocenters. The van der Waals surface area contributed by atoms with Crippen LogP contribution >= 0.6 is 23.4 Å². The van der Waals surface area contributed by atoms with Crippen LogP contribution in [0.25, 0.3) is 0 Å². The van der Waals surface area contributed by atoms with E-state index in [-0.39, 0.29) is 11.8 Å². The standard InChI is InChI=1S/C24H25ClN4O2S/c1-4-12-31-19-10-7-9-17(13-19)22-21(16(3)30)15(2)26-23-27-24(28-29(22)23)32-14-18-8-5-6-11-20(18)25/h5-11,13,22H,4,12,14H2,1-3H3,(H,26,27,28). The van der Waals surface area contributed by atoms with Crippen molar-refractivity contribution in [1.29, 1.82) is 0 Å². The summed E-state index contributed by atoms with van der Waals surface area (Å²) in [6.07, 6.45) is 0.925. The van der Waals surface area contributed by atoms with E-state index in [0.29, 0.717) is 29.0 Å². The molecule has 1 aliphatic heterocycles. The van der Waals surface area contributed by atoms with Crippen LogP contribution in [0.15, 0.2) is 65.0 Å². The summed E-state index contributed by atoms with van der Waals surface area (Å²) < 4.78 is 7.61. The number of halogens is 1. The topological polar surface area (TPSA) is 69.0 Å². The third kappa shape index (κ3) is 4.69. The third-order valence-corrected chi connectivity index (χ3v) is 6.43. The molecule has 0 saturated carbocycles. The van der Waals surface area contributed by atoms with Gasteiger partial charge in [-0.2, -0.15) is 4.98 Å². The average molecular weight is 469 g/mol. The molecule has 2 heterocycles. The van der Waals surface area contributed by atoms with Crippen molar-refractivity contribution in [2.45, 2.75) is 44.1 Å². The number of ketones is 1. The second-order valence-electron chi connectivity index (χ2n) is 7.59. The molecule has 0 aliphatic carbocycles. The Morgan fingerprint density at radius 3 is 2.81 bits per heavy atom. The Hall–Kier alpha value is -2.77. The Bertz CT molecular complexity index is 1170. The molecule has 1 aromatic heterocycles. The predicted molar refractivity (Wildman–Crippen MR) is 128 cm³/mol. The number of thioether (sulfide) groups is 1. The van der Waals surface area contributed by atoms with Crippen LogP contribution in [0, 0.1) is 0 Å². The smallest absolute Gasteiger partial charge is 0.227 e. The molecule has 0 radical (unpaired) electrons. The molecule has 0 bridgehead atoms. The van der Waals surface area contributed by atoms with E-state index in [1.54, 1.807) is 11.6 Å². The van der Waals surface area contributed by atoms with Crippen LogP contribution in [0.3, 0.4) is 0 Å². The van der Waals surface area contributed by atoms with Crippen molar-refractivity contribution < 1.29 is 9.53 Å². The summed E-state index contributed by atoms with van der Waals surface area (Å²) in [4.78, 5) is 17.3. The van der Waals surface area contributed by atoms with Gasteiger partial charge < -0.3 is 10.1 Å². The molecule has 0 saturated heterocycles. The van der Waals surface area contributed by atoms with Gasteiger partial charge >= 0.3 is 0 Å². The lowest BCUT2D eigenvalue weighted by atomic mass is 9.93. The fraction of sp³-hybridized carbons (Fsp3) is 0.292. The second kappa shape index (κ2) is 9.79. The van der Waals surface area contributed by atoms with E-state index in [4.69, 9.17) is 21.4 Å². The van der Waals surface area contributed by atoms with Crippen molar-refractivity contribution in [2.24, 2.45) is 0 Å². The number of benzene rings is 2. The van der Waals surface area contributed by atoms with Crippen molar-refractivity contribution in [3.05, 3.63) is 76.0 Å². The Balaban J connectivity index is 1.68. The maximum absolute atomic E-state index is 12.6. The monoisotopic (exact) mass is 468 g/mol. The number of nitrogens with zero attached hydrogens (tertiary/aromatic N) is 3. The lowest BCUT2D eigenvalue weighted by molar-refractivity contribution is -0.114. The zero-order valence-electron chi connectivity index (χ0n) is 18.3. The lowest BCUT2D eigenvalue weighted by Gasteiger charge is -2.28. The molecule has 32 heavy (non-hydrogen) atoms. The van der Waals surface area contributed by atoms with Crippen LogP contribution in [0.2, 0.25) is 5.02 Å². The van der Waals surface area contributed by atoms with Crippen molar-refractivity contribution in [3.63, 3.8) is 0 Å². The van der Waals surface area contributed by atoms with Crippen LogP contribution in [0.4, 0.5) is 5.95 Å². The van der Waals surface area contributed by atoms with E-state index < -0.39 is 0 Å². The van der Waals surface area contributed by atoms with Gasteiger partial charge in [0.25, 0.3) is 0 Å². The van der Waals surface area contributed by atoms with Crippen LogP contribution in [-0.4, -0.2) is 27.2 Å². The molecule has 3 aromatic rings. The first-order chi connectivity index (χ1) is 15.5. The molecule has 6 nitrogen and oxygen atoms in total. The molecule has 1 N–H and O–H groups in total. The van der Waals surface area contributed by atoms with Crippen molar-refractivity contribution in [1.82, 2.24) is 14.8 Å². The number of carbonyl (C=O) groups is 1. The van der Waals surface area contributed by atoms with Crippen LogP contribution in [0.1, 0.15) is 44.4 Å². The Morgan fingerprint density at radius 1 is 1.25 bits per heavy atom. The number of allylic oxidation sites excluding steroid dienone is 2. The van der Waals surface area contributed by atoms with Crippen molar-refractivity contribution in [3.8, 4) is 5.75 Å². The van der Waals surface area contributed by atoms with Gasteiger partial charge in [0, 0.05) is 22.0 Å². The Labute approximate surface area is 197 Å². The summed E-state index contributed by atoms with van der Waals surface area (Å²) in [6, 6.07) is 15.2. The number of ether oxygens (including phenoxy) is 1. The van der Waals surface area contributed by atoms with Gasteiger partial charge in [0.1, 0.15) is 11.8 Å². The van der Waals surface area contributed by atoms with E-state index in [1.165, 1.54) is 11.8 Å². The highest BCUT2D eigenvalue weighted by atomic mass is 35.5. The number of carbonyl (C=O) groups excluding carboxylic acids is 1. The molecule has 2 aromatic carbocycles. The van der Waals surface area contributed by atoms with Crippen LogP contribution in [-0.2, 0) is 10.5 Å². The molecule has 166 valence electrons. The molecule has 0 amide bonds. The van der Waals surface area contributed by atoms with Crippen LogP contribution in [0.5, 0.6) is 5.75 Å². The highest BCUT2D eigenvalue weighted by Gasteiger charge is 2.33. The minimum Gasteiger partial charge on any atom is -0.494 e. The van der Waals surface area contributed by atoms with Gasteiger partial charge in [-0.05, 0) is 49.6 Å². The van der Waals surface area contributed by atoms with Crippen LogP contribution < -0.4 is 10.1 Å². The molecule has 4 rings (SSSR count). The predicted octanol–water partition coefficient (Wildman–Crippen LogP) is 5.89. The first-order valence-electron chi connectivity index (χ1n) is 10.5. The summed E-state index contributed by atoms with van der Waals surface area (Å²) in [6.45, 7) is 6.19. The number of aromatic nitrogens is 3. The summed E-state index contributed by atoms with van der Waals surface area (Å²) >= 11 is 7.80. The summed E-state index contributed by atoms with van der Waals surface area (Å²) in [5.74, 6) is 2.03. The molecule has 8 heteroatoms. The largest absolute Gasteiger partial charge is 0.494 e. The summed E-state index contributed by atoms with van der Waals surface area (Å²) in [5.41, 5.74) is 3.40. The van der Waals surface area contributed by atoms with E-state index >= 15 is 0 Å². The maximum Gasteiger partial charge on any atom is 0.227 e. The minimum absolute atomic E-state index is 0.00806. The number of hydrogen-bond acceptors (Lipinski definition) is 6. The number of fused-ring (bicyclic) bond motifs is 1. The highest BCUT2D eigenvalue weighted by molar-refractivity contribution is 7.98. The number of anilines is 1. The van der Waals surface area contributed by atoms with E-state index in [1.807, 2.05) is 55.5 Å². The van der Waals surface area contributed by atoms with Crippen molar-refractivity contribution in [2.75, 3.05) is 11.9 Å². The third-order valence-electron chi connectivity index (χ3n) is 5.17. The van der Waals surface area contributed by atoms with Gasteiger partial charge in [0.15, 0.2) is 5.78 Å². The van der Waals surface area contributed by atoms with E-state index in [2.05, 4.69) is 17.2 Å². The van der Waals surface area contributed by atoms with Gasteiger partial charge in [-0.3, -0.25) is 4.79 Å². The molecule has 1 atom stereocenters. The number of rotatable bonds is 8. The SMILES string of the molecule is CCCOc1cccc(C2C(C(C)=O)=C(C)Nc3nc(SCc4ccccc4Cl)nn32)c1. The quantitative estimate of drug-likeness (QED) is 0.415. The highest BCUT2D eigenvalue weighted by Crippen LogP contribution is 2.38. The van der Waals surface area contributed by atoms with Gasteiger partial charge in [0.05, 0.1) is 6.61 Å². The van der Waals surface area contributed by atoms with Gasteiger partial charge in [-0.15, -0.1) is 5.10 Å². The summed E-state index contributed by atoms with van der Waals surface area (Å²) in [5, 5.41) is 9.34. The first kappa shape index (κ1) is 22.4. The number of hydrogen-bond donors (Lipinski definition) is 1. The number of nitrogens with one attached hydrogen (secondary N) is 1. The minimum atomic E-state index is -0.379. The van der Waals surface area contributed by atoms with Gasteiger partial charge in [0.2, 0.25) is 11.1 Å². The fourth-order valence-corrected chi connectivity index (χ4v) is 4.82. The average Bonchev–Trinajstić information content (AvgIpc) is 3.18. The van der Waals surface area contributed by atoms with Gasteiger partial charge in [-0.1, -0.05) is 60.6 Å². The Kier molecular flexibility index (Phi) is 6.86. The fourth-order valence-electron chi connectivity index (χ4n) is 3.71. The van der Waals surface area contributed by atoms with Crippen molar-refractivity contribution >= 4 is 35.1 Å². The summed E-state index contributed by atoms with van der Waals surface area (Å²) in [7, 11) is 0. The Morgan fingerprint density at radius 2 is 2.06 bits per heavy atom. The maximum atomic E-state index is 12.6. The van der Waals surface area contributed by atoms with E-state index in [0.717, 1.165) is 34.0 Å². The van der Waals surface area contributed by atoms with E-state index in [9.17, 15) is 4.79 Å². The number of Topliss-reactive ketones (excluding diaryl/α,β-unsaturated/α-hetero) is 1. The molecule has 0 fully saturated rings. The second-order valence-corrected chi connectivity index (χ2v) is 8.94. The lowest BCUT2D eigenvalue weighted by Crippen LogP contribution is -2.27. The molecule has 0 spiro atoms. The zero-order chi connectivity index (χ0) is 22.7. The zero-order valence-corrected chi connectivity index (χ0v) is 19.8. The van der Waals surface area contributed by atoms with Gasteiger partial charge in [-0.25, -0.2) is 4.68 Å². The molecular formula is C24H25ClN4O2S. The first-order valence-corrected chi connectivity index (χ1v) is 11.9. The molecular weight excluding hydrogens is 444 g/mol.